The Balaban J connectivity index is 1.48. The molecular weight excluding hydrogens is 296 g/mol. The highest BCUT2D eigenvalue weighted by Crippen LogP contribution is 2.19. The van der Waals surface area contributed by atoms with Crippen molar-refractivity contribution in [3.63, 3.8) is 0 Å². The summed E-state index contributed by atoms with van der Waals surface area (Å²) in [6.07, 6.45) is 3.04. The minimum absolute atomic E-state index is 0.198. The Kier molecular flexibility index (Phi) is 5.52. The van der Waals surface area contributed by atoms with E-state index < -0.39 is 0 Å². The molecular formula is C21H28N2O. The first-order valence-corrected chi connectivity index (χ1v) is 9.12. The van der Waals surface area contributed by atoms with Gasteiger partial charge in [-0.3, -0.25) is 4.79 Å². The highest BCUT2D eigenvalue weighted by molar-refractivity contribution is 5.83. The predicted molar refractivity (Wildman–Crippen MR) is 100 cm³/mol. The van der Waals surface area contributed by atoms with Gasteiger partial charge in [0.15, 0.2) is 0 Å². The monoisotopic (exact) mass is 324 g/mol. The second kappa shape index (κ2) is 7.80. The molecule has 128 valence electrons. The number of nitrogens with zero attached hydrogens (tertiary/aromatic N) is 1. The summed E-state index contributed by atoms with van der Waals surface area (Å²) in [6.45, 7) is 7.19. The van der Waals surface area contributed by atoms with Crippen LogP contribution in [0.2, 0.25) is 0 Å². The number of nitrogens with one attached hydrogen (secondary N) is 1. The molecule has 24 heavy (non-hydrogen) atoms. The fourth-order valence-corrected chi connectivity index (χ4v) is 3.50. The van der Waals surface area contributed by atoms with E-state index in [4.69, 9.17) is 0 Å². The van der Waals surface area contributed by atoms with E-state index in [9.17, 15) is 4.79 Å². The average Bonchev–Trinajstić information content (AvgIpc) is 2.59. The summed E-state index contributed by atoms with van der Waals surface area (Å²) in [4.78, 5) is 14.6. The Bertz CT molecular complexity index is 687. The van der Waals surface area contributed by atoms with E-state index >= 15 is 0 Å². The van der Waals surface area contributed by atoms with E-state index in [0.29, 0.717) is 0 Å². The van der Waals surface area contributed by atoms with Gasteiger partial charge in [0.05, 0.1) is 0 Å². The molecule has 1 heterocycles. The molecule has 0 radical (unpaired) electrons. The van der Waals surface area contributed by atoms with Gasteiger partial charge in [-0.1, -0.05) is 42.5 Å². The quantitative estimate of drug-likeness (QED) is 0.911. The van der Waals surface area contributed by atoms with Gasteiger partial charge in [-0.15, -0.1) is 0 Å². The van der Waals surface area contributed by atoms with Crippen molar-refractivity contribution in [3.8, 4) is 0 Å². The largest absolute Gasteiger partial charge is 0.354 e. The van der Waals surface area contributed by atoms with Crippen LogP contribution in [0.3, 0.4) is 0 Å². The maximum Gasteiger partial charge on any atom is 0.223 e. The van der Waals surface area contributed by atoms with Crippen molar-refractivity contribution in [2.75, 3.05) is 19.6 Å². The fraction of sp³-hybridized carbons (Fsp3) is 0.476. The molecule has 3 rings (SSSR count). The van der Waals surface area contributed by atoms with Crippen LogP contribution in [0.5, 0.6) is 0 Å². The molecule has 1 saturated heterocycles. The number of piperidine rings is 1. The molecule has 3 nitrogen and oxygen atoms in total. The minimum Gasteiger partial charge on any atom is -0.354 e. The summed E-state index contributed by atoms with van der Waals surface area (Å²) in [5.74, 6) is 0.434. The zero-order valence-electron chi connectivity index (χ0n) is 14.8. The molecule has 0 spiro atoms. The van der Waals surface area contributed by atoms with Crippen LogP contribution in [0.15, 0.2) is 42.5 Å². The molecule has 1 N–H and O–H groups in total. The van der Waals surface area contributed by atoms with E-state index in [1.54, 1.807) is 0 Å². The van der Waals surface area contributed by atoms with Crippen molar-refractivity contribution in [1.29, 1.82) is 0 Å². The topological polar surface area (TPSA) is 32.3 Å². The van der Waals surface area contributed by atoms with Gasteiger partial charge in [0, 0.05) is 18.5 Å². The summed E-state index contributed by atoms with van der Waals surface area (Å²) in [7, 11) is 0. The first-order valence-electron chi connectivity index (χ1n) is 9.12. The Labute approximate surface area is 145 Å². The maximum atomic E-state index is 12.1. The second-order valence-corrected chi connectivity index (χ2v) is 7.21. The molecule has 1 fully saturated rings. The molecule has 2 aromatic rings. The lowest BCUT2D eigenvalue weighted by atomic mass is 9.95. The van der Waals surface area contributed by atoms with Crippen LogP contribution < -0.4 is 5.32 Å². The molecule has 0 atom stereocenters. The number of carbonyl (C=O) groups excluding carboxylic acids is 1. The Morgan fingerprint density at radius 2 is 1.83 bits per heavy atom. The van der Waals surface area contributed by atoms with Crippen LogP contribution in [-0.2, 0) is 11.2 Å². The standard InChI is InChI=1S/C21H28N2O/c1-16(2)22-21(24)19-10-13-23(14-11-19)12-9-17-7-8-18-5-3-4-6-20(18)15-17/h3-8,15-16,19H,9-14H2,1-2H3,(H,22,24). The molecule has 3 heteroatoms. The van der Waals surface area contributed by atoms with E-state index in [-0.39, 0.29) is 17.9 Å². The van der Waals surface area contributed by atoms with Gasteiger partial charge in [0.2, 0.25) is 5.91 Å². The van der Waals surface area contributed by atoms with E-state index in [0.717, 1.165) is 38.9 Å². The lowest BCUT2D eigenvalue weighted by Crippen LogP contribution is -2.42. The molecule has 1 aliphatic heterocycles. The molecule has 0 unspecified atom stereocenters. The Morgan fingerprint density at radius 1 is 1.12 bits per heavy atom. The van der Waals surface area contributed by atoms with Crippen LogP contribution in [0.4, 0.5) is 0 Å². The van der Waals surface area contributed by atoms with Gasteiger partial charge in [0.25, 0.3) is 0 Å². The number of fused-ring (bicyclic) bond motifs is 1. The molecule has 0 aliphatic carbocycles. The average molecular weight is 324 g/mol. The lowest BCUT2D eigenvalue weighted by Gasteiger charge is -2.31. The van der Waals surface area contributed by atoms with Crippen molar-refractivity contribution in [2.24, 2.45) is 5.92 Å². The summed E-state index contributed by atoms with van der Waals surface area (Å²) in [6, 6.07) is 15.5. The molecule has 2 aromatic carbocycles. The normalized spacial score (nSPS) is 16.6. The van der Waals surface area contributed by atoms with Gasteiger partial charge in [-0.25, -0.2) is 0 Å². The molecule has 1 aliphatic rings. The number of hydrogen-bond donors (Lipinski definition) is 1. The van der Waals surface area contributed by atoms with E-state index in [2.05, 4.69) is 52.7 Å². The number of carbonyl (C=O) groups is 1. The van der Waals surface area contributed by atoms with Crippen LogP contribution in [-0.4, -0.2) is 36.5 Å². The van der Waals surface area contributed by atoms with Crippen LogP contribution in [0.1, 0.15) is 32.3 Å². The van der Waals surface area contributed by atoms with Crippen molar-refractivity contribution in [3.05, 3.63) is 48.0 Å². The first kappa shape index (κ1) is 17.0. The Hall–Kier alpha value is -1.87. The van der Waals surface area contributed by atoms with Crippen molar-refractivity contribution >= 4 is 16.7 Å². The van der Waals surface area contributed by atoms with Crippen LogP contribution in [0, 0.1) is 5.92 Å². The number of amides is 1. The van der Waals surface area contributed by atoms with Gasteiger partial charge < -0.3 is 10.2 Å². The number of rotatable bonds is 5. The summed E-state index contributed by atoms with van der Waals surface area (Å²) in [5, 5.41) is 5.67. The Morgan fingerprint density at radius 3 is 2.54 bits per heavy atom. The first-order chi connectivity index (χ1) is 11.6. The lowest BCUT2D eigenvalue weighted by molar-refractivity contribution is -0.126. The highest BCUT2D eigenvalue weighted by Gasteiger charge is 2.24. The smallest absolute Gasteiger partial charge is 0.223 e. The second-order valence-electron chi connectivity index (χ2n) is 7.21. The molecule has 0 saturated carbocycles. The minimum atomic E-state index is 0.198. The summed E-state index contributed by atoms with van der Waals surface area (Å²) in [5.41, 5.74) is 1.40. The summed E-state index contributed by atoms with van der Waals surface area (Å²) < 4.78 is 0. The van der Waals surface area contributed by atoms with Gasteiger partial charge >= 0.3 is 0 Å². The zero-order valence-corrected chi connectivity index (χ0v) is 14.8. The van der Waals surface area contributed by atoms with E-state index in [1.165, 1.54) is 16.3 Å². The van der Waals surface area contributed by atoms with Crippen molar-refractivity contribution in [2.45, 2.75) is 39.2 Å². The van der Waals surface area contributed by atoms with Gasteiger partial charge in [-0.2, -0.15) is 0 Å². The summed E-state index contributed by atoms with van der Waals surface area (Å²) >= 11 is 0. The number of benzene rings is 2. The molecule has 1 amide bonds. The third-order valence-electron chi connectivity index (χ3n) is 4.92. The maximum absolute atomic E-state index is 12.1. The third kappa shape index (κ3) is 4.35. The fourth-order valence-electron chi connectivity index (χ4n) is 3.50. The molecule has 0 bridgehead atoms. The van der Waals surface area contributed by atoms with E-state index in [1.807, 2.05) is 13.8 Å². The van der Waals surface area contributed by atoms with Crippen molar-refractivity contribution < 1.29 is 4.79 Å². The third-order valence-corrected chi connectivity index (χ3v) is 4.92. The van der Waals surface area contributed by atoms with Gasteiger partial charge in [0.1, 0.15) is 0 Å². The van der Waals surface area contributed by atoms with Crippen molar-refractivity contribution in [1.82, 2.24) is 10.2 Å². The highest BCUT2D eigenvalue weighted by atomic mass is 16.1. The number of likely N-dealkylation sites (tertiary alicyclic amines) is 1. The van der Waals surface area contributed by atoms with Gasteiger partial charge in [-0.05, 0) is 62.5 Å². The molecule has 0 aromatic heterocycles. The number of hydrogen-bond acceptors (Lipinski definition) is 2. The SMILES string of the molecule is CC(C)NC(=O)C1CCN(CCc2ccc3ccccc3c2)CC1. The van der Waals surface area contributed by atoms with Crippen LogP contribution >= 0.6 is 0 Å². The zero-order chi connectivity index (χ0) is 16.9. The predicted octanol–water partition coefficient (Wildman–Crippen LogP) is 3.62. The van der Waals surface area contributed by atoms with Crippen LogP contribution in [0.25, 0.3) is 10.8 Å².